The molecule has 2 aromatic rings. The molecular formula is C17H22N2O2. The molecule has 2 heterocycles. The predicted molar refractivity (Wildman–Crippen MR) is 83.3 cm³/mol. The Morgan fingerprint density at radius 3 is 2.71 bits per heavy atom. The highest BCUT2D eigenvalue weighted by Gasteiger charge is 2.17. The zero-order chi connectivity index (χ0) is 15.0. The lowest BCUT2D eigenvalue weighted by Gasteiger charge is -2.12. The molecular weight excluding hydrogens is 264 g/mol. The van der Waals surface area contributed by atoms with Gasteiger partial charge in [0.1, 0.15) is 0 Å². The maximum Gasteiger partial charge on any atom is 0.231 e. The van der Waals surface area contributed by atoms with E-state index in [1.807, 2.05) is 12.1 Å². The van der Waals surface area contributed by atoms with Crippen LogP contribution in [0.15, 0.2) is 24.3 Å². The molecule has 0 spiro atoms. The fourth-order valence-electron chi connectivity index (χ4n) is 2.88. The van der Waals surface area contributed by atoms with Crippen LogP contribution in [0.5, 0.6) is 11.5 Å². The molecule has 1 atom stereocenters. The molecule has 112 valence electrons. The minimum Gasteiger partial charge on any atom is -0.454 e. The zero-order valence-corrected chi connectivity index (χ0v) is 12.8. The van der Waals surface area contributed by atoms with Crippen molar-refractivity contribution in [3.05, 3.63) is 41.2 Å². The van der Waals surface area contributed by atoms with Crippen molar-refractivity contribution >= 4 is 0 Å². The minimum absolute atomic E-state index is 0.218. The number of aryl methyl sites for hydroxylation is 1. The Morgan fingerprint density at radius 2 is 1.95 bits per heavy atom. The first-order valence-corrected chi connectivity index (χ1v) is 7.43. The van der Waals surface area contributed by atoms with E-state index >= 15 is 0 Å². The van der Waals surface area contributed by atoms with Crippen LogP contribution >= 0.6 is 0 Å². The normalized spacial score (nSPS) is 14.5. The van der Waals surface area contributed by atoms with Gasteiger partial charge in [-0.1, -0.05) is 6.92 Å². The monoisotopic (exact) mass is 286 g/mol. The van der Waals surface area contributed by atoms with Crippen molar-refractivity contribution in [1.29, 1.82) is 0 Å². The second-order valence-electron chi connectivity index (χ2n) is 5.64. The highest BCUT2D eigenvalue weighted by atomic mass is 16.7. The van der Waals surface area contributed by atoms with Crippen LogP contribution in [-0.4, -0.2) is 17.4 Å². The first-order chi connectivity index (χ1) is 10.1. The lowest BCUT2D eigenvalue weighted by Crippen LogP contribution is -2.21. The third kappa shape index (κ3) is 2.51. The molecule has 4 nitrogen and oxygen atoms in total. The van der Waals surface area contributed by atoms with Crippen molar-refractivity contribution in [3.8, 4) is 17.2 Å². The van der Waals surface area contributed by atoms with Crippen LogP contribution in [0.25, 0.3) is 5.69 Å². The van der Waals surface area contributed by atoms with Crippen LogP contribution < -0.4 is 15.2 Å². The zero-order valence-electron chi connectivity index (χ0n) is 12.8. The van der Waals surface area contributed by atoms with Gasteiger partial charge in [0.15, 0.2) is 11.5 Å². The van der Waals surface area contributed by atoms with E-state index in [4.69, 9.17) is 15.2 Å². The van der Waals surface area contributed by atoms with Crippen LogP contribution in [-0.2, 0) is 6.42 Å². The molecule has 0 saturated carbocycles. The van der Waals surface area contributed by atoms with Crippen molar-refractivity contribution in [1.82, 2.24) is 4.57 Å². The summed E-state index contributed by atoms with van der Waals surface area (Å²) in [5.74, 6) is 1.63. The molecule has 0 saturated heterocycles. The third-order valence-corrected chi connectivity index (χ3v) is 4.16. The average Bonchev–Trinajstić information content (AvgIpc) is 3.03. The number of nitrogens with two attached hydrogens (primary N) is 1. The molecule has 1 aliphatic heterocycles. The van der Waals surface area contributed by atoms with E-state index < -0.39 is 0 Å². The second-order valence-corrected chi connectivity index (χ2v) is 5.64. The van der Waals surface area contributed by atoms with Crippen LogP contribution in [0, 0.1) is 13.8 Å². The highest BCUT2D eigenvalue weighted by Crippen LogP contribution is 2.34. The summed E-state index contributed by atoms with van der Waals surface area (Å²) in [5.41, 5.74) is 11.0. The van der Waals surface area contributed by atoms with Crippen LogP contribution in [0.1, 0.15) is 30.3 Å². The van der Waals surface area contributed by atoms with Crippen LogP contribution in [0.4, 0.5) is 0 Å². The summed E-state index contributed by atoms with van der Waals surface area (Å²) in [7, 11) is 0. The standard InChI is InChI=1S/C17H22N2O2/c1-4-14(18)8-13-7-11(2)19(12(13)3)15-5-6-16-17(9-15)21-10-20-16/h5-7,9,14H,4,8,10,18H2,1-3H3. The van der Waals surface area contributed by atoms with Crippen molar-refractivity contribution in [3.63, 3.8) is 0 Å². The van der Waals surface area contributed by atoms with Gasteiger partial charge in [-0.25, -0.2) is 0 Å². The smallest absolute Gasteiger partial charge is 0.231 e. The average molecular weight is 286 g/mol. The summed E-state index contributed by atoms with van der Waals surface area (Å²) < 4.78 is 13.1. The molecule has 0 aliphatic carbocycles. The number of fused-ring (bicyclic) bond motifs is 1. The molecule has 2 N–H and O–H groups in total. The lowest BCUT2D eigenvalue weighted by atomic mass is 10.1. The Balaban J connectivity index is 1.99. The number of benzene rings is 1. The molecule has 1 unspecified atom stereocenters. The van der Waals surface area contributed by atoms with Crippen molar-refractivity contribution in [2.45, 2.75) is 39.7 Å². The molecule has 0 bridgehead atoms. The van der Waals surface area contributed by atoms with E-state index in [-0.39, 0.29) is 6.04 Å². The summed E-state index contributed by atoms with van der Waals surface area (Å²) in [5, 5.41) is 0. The predicted octanol–water partition coefficient (Wildman–Crippen LogP) is 3.10. The van der Waals surface area contributed by atoms with Gasteiger partial charge in [-0.05, 0) is 50.5 Å². The van der Waals surface area contributed by atoms with E-state index in [0.717, 1.165) is 30.0 Å². The quantitative estimate of drug-likeness (QED) is 0.939. The van der Waals surface area contributed by atoms with E-state index in [1.54, 1.807) is 0 Å². The van der Waals surface area contributed by atoms with Crippen molar-refractivity contribution in [2.75, 3.05) is 6.79 Å². The van der Waals surface area contributed by atoms with Gasteiger partial charge in [-0.3, -0.25) is 0 Å². The fraction of sp³-hybridized carbons (Fsp3) is 0.412. The molecule has 1 aromatic heterocycles. The van der Waals surface area contributed by atoms with Crippen LogP contribution in [0.3, 0.4) is 0 Å². The number of rotatable bonds is 4. The summed E-state index contributed by atoms with van der Waals surface area (Å²) in [6.45, 7) is 6.70. The van der Waals surface area contributed by atoms with Crippen molar-refractivity contribution < 1.29 is 9.47 Å². The number of nitrogens with zero attached hydrogens (tertiary/aromatic N) is 1. The maximum absolute atomic E-state index is 6.10. The van der Waals surface area contributed by atoms with Gasteiger partial charge in [0, 0.05) is 29.2 Å². The van der Waals surface area contributed by atoms with Gasteiger partial charge in [0.05, 0.1) is 0 Å². The SMILES string of the molecule is CCC(N)Cc1cc(C)n(-c2ccc3c(c2)OCO3)c1C. The fourth-order valence-corrected chi connectivity index (χ4v) is 2.88. The number of ether oxygens (including phenoxy) is 2. The maximum atomic E-state index is 6.10. The molecule has 0 amide bonds. The van der Waals surface area contributed by atoms with Gasteiger partial charge in [0.25, 0.3) is 0 Å². The molecule has 1 aromatic carbocycles. The van der Waals surface area contributed by atoms with E-state index in [1.165, 1.54) is 17.0 Å². The van der Waals surface area contributed by atoms with Gasteiger partial charge < -0.3 is 19.8 Å². The minimum atomic E-state index is 0.218. The molecule has 0 radical (unpaired) electrons. The number of hydrogen-bond donors (Lipinski definition) is 1. The number of aromatic nitrogens is 1. The topological polar surface area (TPSA) is 49.4 Å². The third-order valence-electron chi connectivity index (χ3n) is 4.16. The van der Waals surface area contributed by atoms with E-state index in [2.05, 4.69) is 37.5 Å². The summed E-state index contributed by atoms with van der Waals surface area (Å²) in [4.78, 5) is 0. The Morgan fingerprint density at radius 1 is 1.19 bits per heavy atom. The van der Waals surface area contributed by atoms with Gasteiger partial charge in [-0.2, -0.15) is 0 Å². The van der Waals surface area contributed by atoms with Gasteiger partial charge in [-0.15, -0.1) is 0 Å². The Hall–Kier alpha value is -1.94. The molecule has 1 aliphatic rings. The largest absolute Gasteiger partial charge is 0.454 e. The molecule has 3 rings (SSSR count). The summed E-state index contributed by atoms with van der Waals surface area (Å²) in [6, 6.07) is 8.52. The first kappa shape index (κ1) is 14.0. The molecule has 4 heteroatoms. The molecule has 21 heavy (non-hydrogen) atoms. The Kier molecular flexibility index (Phi) is 3.64. The highest BCUT2D eigenvalue weighted by molar-refractivity contribution is 5.52. The number of hydrogen-bond acceptors (Lipinski definition) is 3. The lowest BCUT2D eigenvalue weighted by molar-refractivity contribution is 0.174. The van der Waals surface area contributed by atoms with Gasteiger partial charge in [0.2, 0.25) is 6.79 Å². The summed E-state index contributed by atoms with van der Waals surface area (Å²) >= 11 is 0. The molecule has 0 fully saturated rings. The summed E-state index contributed by atoms with van der Waals surface area (Å²) in [6.07, 6.45) is 1.91. The first-order valence-electron chi connectivity index (χ1n) is 7.43. The second kappa shape index (κ2) is 5.45. The van der Waals surface area contributed by atoms with E-state index in [9.17, 15) is 0 Å². The van der Waals surface area contributed by atoms with Crippen molar-refractivity contribution in [2.24, 2.45) is 5.73 Å². The Bertz CT molecular complexity index is 661. The van der Waals surface area contributed by atoms with E-state index in [0.29, 0.717) is 6.79 Å². The van der Waals surface area contributed by atoms with Gasteiger partial charge >= 0.3 is 0 Å². The van der Waals surface area contributed by atoms with Crippen LogP contribution in [0.2, 0.25) is 0 Å². The Labute approximate surface area is 125 Å².